The SMILES string of the molecule is CCC1(CC)CCN(C(C)C(=O)c2ccc(F)cc2)CC1. The van der Waals surface area contributed by atoms with Crippen LogP contribution in [0.3, 0.4) is 0 Å². The largest absolute Gasteiger partial charge is 0.293 e. The summed E-state index contributed by atoms with van der Waals surface area (Å²) in [4.78, 5) is 14.8. The topological polar surface area (TPSA) is 20.3 Å². The number of carbonyl (C=O) groups is 1. The van der Waals surface area contributed by atoms with Crippen LogP contribution in [0.15, 0.2) is 24.3 Å². The Morgan fingerprint density at radius 2 is 1.71 bits per heavy atom. The fourth-order valence-corrected chi connectivity index (χ4v) is 3.36. The predicted molar refractivity (Wildman–Crippen MR) is 84.0 cm³/mol. The van der Waals surface area contributed by atoms with E-state index in [1.54, 1.807) is 12.1 Å². The van der Waals surface area contributed by atoms with Crippen LogP contribution in [-0.2, 0) is 0 Å². The lowest BCUT2D eigenvalue weighted by atomic mass is 9.74. The lowest BCUT2D eigenvalue weighted by Gasteiger charge is -2.42. The van der Waals surface area contributed by atoms with Crippen molar-refractivity contribution >= 4 is 5.78 Å². The van der Waals surface area contributed by atoms with Gasteiger partial charge in [0.1, 0.15) is 5.82 Å². The van der Waals surface area contributed by atoms with Crippen molar-refractivity contribution in [3.63, 3.8) is 0 Å². The average molecular weight is 291 g/mol. The van der Waals surface area contributed by atoms with Gasteiger partial charge >= 0.3 is 0 Å². The molecule has 1 aromatic rings. The van der Waals surface area contributed by atoms with Crippen LogP contribution in [0.25, 0.3) is 0 Å². The predicted octanol–water partition coefficient (Wildman–Crippen LogP) is 4.30. The number of likely N-dealkylation sites (tertiary alicyclic amines) is 1. The number of Topliss-reactive ketones (excluding diaryl/α,β-unsaturated/α-hetero) is 1. The van der Waals surface area contributed by atoms with E-state index in [4.69, 9.17) is 0 Å². The molecule has 0 radical (unpaired) electrons. The van der Waals surface area contributed by atoms with Crippen LogP contribution in [0.4, 0.5) is 4.39 Å². The molecule has 1 heterocycles. The molecule has 1 aliphatic heterocycles. The minimum atomic E-state index is -0.298. The first-order valence-electron chi connectivity index (χ1n) is 8.05. The van der Waals surface area contributed by atoms with Crippen molar-refractivity contribution in [3.05, 3.63) is 35.6 Å². The first-order chi connectivity index (χ1) is 10.0. The maximum absolute atomic E-state index is 12.9. The van der Waals surface area contributed by atoms with Crippen molar-refractivity contribution in [3.8, 4) is 0 Å². The highest BCUT2D eigenvalue weighted by atomic mass is 19.1. The summed E-state index contributed by atoms with van der Waals surface area (Å²) in [6.45, 7) is 8.47. The molecule has 1 saturated heterocycles. The number of piperidine rings is 1. The molecule has 21 heavy (non-hydrogen) atoms. The maximum atomic E-state index is 12.9. The normalized spacial score (nSPS) is 20.2. The summed E-state index contributed by atoms with van der Waals surface area (Å²) in [5, 5.41) is 0. The molecule has 2 nitrogen and oxygen atoms in total. The first-order valence-corrected chi connectivity index (χ1v) is 8.05. The fraction of sp³-hybridized carbons (Fsp3) is 0.611. The monoisotopic (exact) mass is 291 g/mol. The van der Waals surface area contributed by atoms with E-state index in [1.807, 2.05) is 6.92 Å². The second kappa shape index (κ2) is 6.69. The lowest BCUT2D eigenvalue weighted by Crippen LogP contribution is -2.46. The van der Waals surface area contributed by atoms with E-state index < -0.39 is 0 Å². The molecule has 0 bridgehead atoms. The van der Waals surface area contributed by atoms with E-state index in [1.165, 1.54) is 37.8 Å². The zero-order valence-electron chi connectivity index (χ0n) is 13.4. The van der Waals surface area contributed by atoms with Gasteiger partial charge in [0.2, 0.25) is 0 Å². The Kier molecular flexibility index (Phi) is 5.15. The third-order valence-corrected chi connectivity index (χ3v) is 5.41. The van der Waals surface area contributed by atoms with E-state index in [-0.39, 0.29) is 17.6 Å². The summed E-state index contributed by atoms with van der Waals surface area (Å²) in [6, 6.07) is 5.76. The lowest BCUT2D eigenvalue weighted by molar-refractivity contribution is 0.0574. The summed E-state index contributed by atoms with van der Waals surface area (Å²) in [7, 11) is 0. The minimum absolute atomic E-state index is 0.0931. The van der Waals surface area contributed by atoms with Crippen LogP contribution < -0.4 is 0 Å². The first kappa shape index (κ1) is 16.2. The van der Waals surface area contributed by atoms with Crippen LogP contribution in [0.2, 0.25) is 0 Å². The summed E-state index contributed by atoms with van der Waals surface area (Å²) in [5.74, 6) is -0.205. The molecule has 1 fully saturated rings. The van der Waals surface area contributed by atoms with Crippen LogP contribution in [0.5, 0.6) is 0 Å². The Hall–Kier alpha value is -1.22. The molecule has 0 saturated carbocycles. The molecule has 0 spiro atoms. The van der Waals surface area contributed by atoms with Crippen molar-refractivity contribution < 1.29 is 9.18 Å². The highest BCUT2D eigenvalue weighted by molar-refractivity contribution is 5.99. The zero-order chi connectivity index (χ0) is 15.5. The summed E-state index contributed by atoms with van der Waals surface area (Å²) < 4.78 is 12.9. The number of hydrogen-bond donors (Lipinski definition) is 0. The Bertz CT molecular complexity index is 468. The Balaban J connectivity index is 2.00. The average Bonchev–Trinajstić information content (AvgIpc) is 2.54. The van der Waals surface area contributed by atoms with Crippen LogP contribution in [-0.4, -0.2) is 29.8 Å². The Labute approximate surface area is 127 Å². The molecule has 1 aliphatic rings. The molecule has 0 aliphatic carbocycles. The van der Waals surface area contributed by atoms with Gasteiger partial charge in [-0.2, -0.15) is 0 Å². The minimum Gasteiger partial charge on any atom is -0.293 e. The van der Waals surface area contributed by atoms with Gasteiger partial charge in [-0.1, -0.05) is 26.7 Å². The van der Waals surface area contributed by atoms with Crippen molar-refractivity contribution in [2.75, 3.05) is 13.1 Å². The Morgan fingerprint density at radius 3 is 2.19 bits per heavy atom. The molecular weight excluding hydrogens is 265 g/mol. The Morgan fingerprint density at radius 1 is 1.19 bits per heavy atom. The zero-order valence-corrected chi connectivity index (χ0v) is 13.4. The second-order valence-corrected chi connectivity index (χ2v) is 6.29. The maximum Gasteiger partial charge on any atom is 0.179 e. The summed E-state index contributed by atoms with van der Waals surface area (Å²) in [5.41, 5.74) is 1.07. The second-order valence-electron chi connectivity index (χ2n) is 6.29. The standard InChI is InChI=1S/C18H26FNO/c1-4-18(5-2)10-12-20(13-11-18)14(3)17(21)15-6-8-16(19)9-7-15/h6-9,14H,4-5,10-13H2,1-3H3. The van der Waals surface area contributed by atoms with Gasteiger partial charge in [0.05, 0.1) is 6.04 Å². The molecule has 0 aromatic heterocycles. The highest BCUT2D eigenvalue weighted by Gasteiger charge is 2.34. The quantitative estimate of drug-likeness (QED) is 0.754. The number of halogens is 1. The number of hydrogen-bond acceptors (Lipinski definition) is 2. The van der Waals surface area contributed by atoms with Gasteiger partial charge in [-0.3, -0.25) is 9.69 Å². The smallest absolute Gasteiger partial charge is 0.179 e. The van der Waals surface area contributed by atoms with Crippen molar-refractivity contribution in [1.82, 2.24) is 4.90 Å². The molecule has 3 heteroatoms. The molecule has 1 aromatic carbocycles. The molecule has 1 unspecified atom stereocenters. The number of carbonyl (C=O) groups excluding carboxylic acids is 1. The third kappa shape index (κ3) is 3.52. The molecule has 0 N–H and O–H groups in total. The van der Waals surface area contributed by atoms with Gasteiger partial charge in [0.25, 0.3) is 0 Å². The number of ketones is 1. The van der Waals surface area contributed by atoms with E-state index in [0.717, 1.165) is 13.1 Å². The van der Waals surface area contributed by atoms with Gasteiger partial charge in [-0.15, -0.1) is 0 Å². The number of benzene rings is 1. The number of nitrogens with zero attached hydrogens (tertiary/aromatic N) is 1. The fourth-order valence-electron chi connectivity index (χ4n) is 3.36. The molecular formula is C18H26FNO. The van der Waals surface area contributed by atoms with Crippen LogP contribution in [0.1, 0.15) is 56.8 Å². The van der Waals surface area contributed by atoms with Crippen molar-refractivity contribution in [1.29, 1.82) is 0 Å². The summed E-state index contributed by atoms with van der Waals surface area (Å²) in [6.07, 6.45) is 4.78. The third-order valence-electron chi connectivity index (χ3n) is 5.41. The van der Waals surface area contributed by atoms with Crippen LogP contribution in [0, 0.1) is 11.2 Å². The van der Waals surface area contributed by atoms with E-state index >= 15 is 0 Å². The van der Waals surface area contributed by atoms with Gasteiger partial charge in [-0.05, 0) is 62.5 Å². The molecule has 2 rings (SSSR count). The van der Waals surface area contributed by atoms with Gasteiger partial charge < -0.3 is 0 Å². The van der Waals surface area contributed by atoms with E-state index in [0.29, 0.717) is 11.0 Å². The van der Waals surface area contributed by atoms with Gasteiger partial charge in [-0.25, -0.2) is 4.39 Å². The molecule has 1 atom stereocenters. The summed E-state index contributed by atoms with van der Waals surface area (Å²) >= 11 is 0. The number of rotatable bonds is 5. The van der Waals surface area contributed by atoms with E-state index in [9.17, 15) is 9.18 Å². The highest BCUT2D eigenvalue weighted by Crippen LogP contribution is 2.38. The van der Waals surface area contributed by atoms with Gasteiger partial charge in [0.15, 0.2) is 5.78 Å². The van der Waals surface area contributed by atoms with Crippen LogP contribution >= 0.6 is 0 Å². The van der Waals surface area contributed by atoms with E-state index in [2.05, 4.69) is 18.7 Å². The van der Waals surface area contributed by atoms with Gasteiger partial charge in [0, 0.05) is 5.56 Å². The van der Waals surface area contributed by atoms with Crippen molar-refractivity contribution in [2.24, 2.45) is 5.41 Å². The molecule has 116 valence electrons. The van der Waals surface area contributed by atoms with Crippen molar-refractivity contribution in [2.45, 2.75) is 52.5 Å². The molecule has 0 amide bonds.